The summed E-state index contributed by atoms with van der Waals surface area (Å²) in [5, 5.41) is 6.24. The number of hydrogen-bond donors (Lipinski definition) is 2. The van der Waals surface area contributed by atoms with Crippen LogP contribution in [-0.4, -0.2) is 23.5 Å². The van der Waals surface area contributed by atoms with Gasteiger partial charge in [0.1, 0.15) is 5.69 Å². The minimum Gasteiger partial charge on any atom is -0.385 e. The average Bonchev–Trinajstić information content (AvgIpc) is 2.35. The van der Waals surface area contributed by atoms with Crippen molar-refractivity contribution in [1.82, 2.24) is 10.3 Å². The Kier molecular flexibility index (Phi) is 6.33. The van der Waals surface area contributed by atoms with Crippen LogP contribution in [0.1, 0.15) is 51.0 Å². The van der Waals surface area contributed by atoms with Crippen LogP contribution in [-0.2, 0) is 0 Å². The van der Waals surface area contributed by atoms with E-state index in [2.05, 4.69) is 36.4 Å². The van der Waals surface area contributed by atoms with E-state index in [-0.39, 0.29) is 11.9 Å². The van der Waals surface area contributed by atoms with Gasteiger partial charge in [0.05, 0.1) is 0 Å². The maximum Gasteiger partial charge on any atom is 0.270 e. The Morgan fingerprint density at radius 3 is 2.74 bits per heavy atom. The number of carbonyl (C=O) groups is 1. The first-order chi connectivity index (χ1) is 9.02. The van der Waals surface area contributed by atoms with E-state index >= 15 is 0 Å². The molecule has 0 spiro atoms. The van der Waals surface area contributed by atoms with Crippen molar-refractivity contribution in [2.24, 2.45) is 5.92 Å². The zero-order valence-corrected chi connectivity index (χ0v) is 12.4. The van der Waals surface area contributed by atoms with E-state index in [0.717, 1.165) is 25.1 Å². The van der Waals surface area contributed by atoms with E-state index in [0.29, 0.717) is 11.6 Å². The SMILES string of the molecule is CCCNc1ccnc(C(=O)NC(C)CC(C)C)c1. The fraction of sp³-hybridized carbons (Fsp3) is 0.600. The minimum atomic E-state index is -0.103. The van der Waals surface area contributed by atoms with Gasteiger partial charge in [0, 0.05) is 24.5 Å². The summed E-state index contributed by atoms with van der Waals surface area (Å²) in [6.07, 6.45) is 3.69. The zero-order chi connectivity index (χ0) is 14.3. The van der Waals surface area contributed by atoms with Crippen LogP contribution in [0.2, 0.25) is 0 Å². The highest BCUT2D eigenvalue weighted by Gasteiger charge is 2.12. The monoisotopic (exact) mass is 263 g/mol. The van der Waals surface area contributed by atoms with Crippen molar-refractivity contribution in [3.05, 3.63) is 24.0 Å². The van der Waals surface area contributed by atoms with Crippen LogP contribution in [0.25, 0.3) is 0 Å². The topological polar surface area (TPSA) is 54.0 Å². The van der Waals surface area contributed by atoms with Gasteiger partial charge in [0.15, 0.2) is 0 Å². The van der Waals surface area contributed by atoms with E-state index in [1.54, 1.807) is 12.3 Å². The van der Waals surface area contributed by atoms with Crippen LogP contribution in [0.4, 0.5) is 5.69 Å². The normalized spacial score (nSPS) is 12.3. The van der Waals surface area contributed by atoms with Crippen LogP contribution in [0.3, 0.4) is 0 Å². The van der Waals surface area contributed by atoms with Crippen molar-refractivity contribution in [2.75, 3.05) is 11.9 Å². The van der Waals surface area contributed by atoms with Gasteiger partial charge in [-0.25, -0.2) is 0 Å². The van der Waals surface area contributed by atoms with Crippen molar-refractivity contribution in [3.63, 3.8) is 0 Å². The van der Waals surface area contributed by atoms with Crippen LogP contribution in [0.5, 0.6) is 0 Å². The summed E-state index contributed by atoms with van der Waals surface area (Å²) in [6, 6.07) is 3.85. The lowest BCUT2D eigenvalue weighted by Gasteiger charge is -2.15. The number of carbonyl (C=O) groups excluding carboxylic acids is 1. The molecule has 1 heterocycles. The molecular weight excluding hydrogens is 238 g/mol. The Morgan fingerprint density at radius 2 is 2.11 bits per heavy atom. The number of amides is 1. The summed E-state index contributed by atoms with van der Waals surface area (Å²) in [6.45, 7) is 9.33. The lowest BCUT2D eigenvalue weighted by molar-refractivity contribution is 0.0931. The van der Waals surface area contributed by atoms with Crippen LogP contribution >= 0.6 is 0 Å². The third-order valence-electron chi connectivity index (χ3n) is 2.77. The third-order valence-corrected chi connectivity index (χ3v) is 2.77. The summed E-state index contributed by atoms with van der Waals surface area (Å²) < 4.78 is 0. The van der Waals surface area contributed by atoms with Gasteiger partial charge in [-0.15, -0.1) is 0 Å². The number of pyridine rings is 1. The van der Waals surface area contributed by atoms with Crippen LogP contribution in [0.15, 0.2) is 18.3 Å². The van der Waals surface area contributed by atoms with Crippen molar-refractivity contribution in [3.8, 4) is 0 Å². The zero-order valence-electron chi connectivity index (χ0n) is 12.4. The lowest BCUT2D eigenvalue weighted by Crippen LogP contribution is -2.34. The van der Waals surface area contributed by atoms with E-state index < -0.39 is 0 Å². The first kappa shape index (κ1) is 15.5. The Balaban J connectivity index is 2.61. The standard InChI is InChI=1S/C15H25N3O/c1-5-7-16-13-6-8-17-14(10-13)15(19)18-12(4)9-11(2)3/h6,8,10-12H,5,7,9H2,1-4H3,(H,16,17)(H,18,19). The van der Waals surface area contributed by atoms with Gasteiger partial charge in [-0.1, -0.05) is 20.8 Å². The van der Waals surface area contributed by atoms with E-state index in [1.165, 1.54) is 0 Å². The van der Waals surface area contributed by atoms with E-state index in [4.69, 9.17) is 0 Å². The van der Waals surface area contributed by atoms with E-state index in [9.17, 15) is 4.79 Å². The van der Waals surface area contributed by atoms with Gasteiger partial charge < -0.3 is 10.6 Å². The molecule has 0 fully saturated rings. The quantitative estimate of drug-likeness (QED) is 0.795. The second-order valence-corrected chi connectivity index (χ2v) is 5.36. The summed E-state index contributed by atoms with van der Waals surface area (Å²) >= 11 is 0. The van der Waals surface area contributed by atoms with Crippen LogP contribution < -0.4 is 10.6 Å². The molecule has 1 rings (SSSR count). The van der Waals surface area contributed by atoms with E-state index in [1.807, 2.05) is 13.0 Å². The average molecular weight is 263 g/mol. The van der Waals surface area contributed by atoms with Crippen molar-refractivity contribution < 1.29 is 4.79 Å². The Morgan fingerprint density at radius 1 is 1.37 bits per heavy atom. The molecule has 1 aromatic rings. The summed E-state index contributed by atoms with van der Waals surface area (Å²) in [4.78, 5) is 16.2. The molecule has 1 amide bonds. The van der Waals surface area contributed by atoms with Crippen molar-refractivity contribution >= 4 is 11.6 Å². The molecule has 0 saturated carbocycles. The van der Waals surface area contributed by atoms with Crippen molar-refractivity contribution in [1.29, 1.82) is 0 Å². The number of nitrogens with one attached hydrogen (secondary N) is 2. The second kappa shape index (κ2) is 7.77. The molecule has 0 aliphatic carbocycles. The molecule has 0 aromatic carbocycles. The van der Waals surface area contributed by atoms with Crippen LogP contribution in [0, 0.1) is 5.92 Å². The number of aromatic nitrogens is 1. The second-order valence-electron chi connectivity index (χ2n) is 5.36. The minimum absolute atomic E-state index is 0.103. The molecule has 1 aromatic heterocycles. The highest BCUT2D eigenvalue weighted by atomic mass is 16.1. The molecule has 1 atom stereocenters. The molecule has 0 saturated heterocycles. The molecule has 0 bridgehead atoms. The van der Waals surface area contributed by atoms with Crippen molar-refractivity contribution in [2.45, 2.75) is 46.6 Å². The van der Waals surface area contributed by atoms with Gasteiger partial charge >= 0.3 is 0 Å². The predicted octanol–water partition coefficient (Wildman–Crippen LogP) is 3.07. The Bertz CT molecular complexity index is 404. The number of hydrogen-bond acceptors (Lipinski definition) is 3. The molecule has 0 radical (unpaired) electrons. The van der Waals surface area contributed by atoms with Gasteiger partial charge in [0.2, 0.25) is 0 Å². The molecule has 4 heteroatoms. The summed E-state index contributed by atoms with van der Waals surface area (Å²) in [5.74, 6) is 0.467. The number of nitrogens with zero attached hydrogens (tertiary/aromatic N) is 1. The smallest absolute Gasteiger partial charge is 0.270 e. The molecule has 0 aliphatic heterocycles. The molecule has 4 nitrogen and oxygen atoms in total. The third kappa shape index (κ3) is 5.73. The molecule has 106 valence electrons. The van der Waals surface area contributed by atoms with Gasteiger partial charge in [0.25, 0.3) is 5.91 Å². The largest absolute Gasteiger partial charge is 0.385 e. The fourth-order valence-electron chi connectivity index (χ4n) is 2.00. The highest BCUT2D eigenvalue weighted by Crippen LogP contribution is 2.09. The molecular formula is C15H25N3O. The maximum absolute atomic E-state index is 12.1. The summed E-state index contributed by atoms with van der Waals surface area (Å²) in [5.41, 5.74) is 1.41. The first-order valence-corrected chi connectivity index (χ1v) is 7.03. The predicted molar refractivity (Wildman–Crippen MR) is 79.4 cm³/mol. The molecule has 1 unspecified atom stereocenters. The molecule has 19 heavy (non-hydrogen) atoms. The van der Waals surface area contributed by atoms with Gasteiger partial charge in [-0.2, -0.15) is 0 Å². The lowest BCUT2D eigenvalue weighted by atomic mass is 10.1. The number of anilines is 1. The van der Waals surface area contributed by atoms with Gasteiger partial charge in [-0.3, -0.25) is 9.78 Å². The Hall–Kier alpha value is -1.58. The number of rotatable bonds is 7. The molecule has 0 aliphatic rings. The Labute approximate surface area is 116 Å². The highest BCUT2D eigenvalue weighted by molar-refractivity contribution is 5.93. The van der Waals surface area contributed by atoms with Gasteiger partial charge in [-0.05, 0) is 37.8 Å². The molecule has 2 N–H and O–H groups in total. The maximum atomic E-state index is 12.1. The summed E-state index contributed by atoms with van der Waals surface area (Å²) in [7, 11) is 0. The fourth-order valence-corrected chi connectivity index (χ4v) is 2.00. The first-order valence-electron chi connectivity index (χ1n) is 7.03.